The predicted molar refractivity (Wildman–Crippen MR) is 124 cm³/mol. The van der Waals surface area contributed by atoms with Crippen molar-refractivity contribution in [2.24, 2.45) is 0 Å². The van der Waals surface area contributed by atoms with E-state index in [4.69, 9.17) is 16.3 Å². The first kappa shape index (κ1) is 22.2. The van der Waals surface area contributed by atoms with Crippen LogP contribution in [0.4, 0.5) is 20.6 Å². The summed E-state index contributed by atoms with van der Waals surface area (Å²) in [7, 11) is 0. The summed E-state index contributed by atoms with van der Waals surface area (Å²) in [6.07, 6.45) is 0. The van der Waals surface area contributed by atoms with E-state index in [0.29, 0.717) is 28.8 Å². The fraction of sp³-hybridized carbons (Fsp3) is 0.130. The van der Waals surface area contributed by atoms with E-state index in [9.17, 15) is 9.18 Å². The molecular weight excluding hydrogens is 447 g/mol. The molecule has 0 spiro atoms. The van der Waals surface area contributed by atoms with Gasteiger partial charge in [-0.2, -0.15) is 5.10 Å². The number of amides is 2. The molecule has 0 aliphatic heterocycles. The van der Waals surface area contributed by atoms with Gasteiger partial charge in [0.1, 0.15) is 11.6 Å². The molecule has 2 aromatic carbocycles. The van der Waals surface area contributed by atoms with Crippen molar-refractivity contribution in [3.05, 3.63) is 82.4 Å². The number of anilines is 2. The highest BCUT2D eigenvalue weighted by molar-refractivity contribution is 6.31. The fourth-order valence-electron chi connectivity index (χ4n) is 3.02. The first-order valence-electron chi connectivity index (χ1n) is 9.98. The quantitative estimate of drug-likeness (QED) is 0.386. The van der Waals surface area contributed by atoms with Crippen LogP contribution in [0.15, 0.2) is 54.6 Å². The van der Waals surface area contributed by atoms with Crippen LogP contribution in [0, 0.1) is 26.6 Å². The lowest BCUT2D eigenvalue weighted by Crippen LogP contribution is -2.19. The third kappa shape index (κ3) is 5.09. The molecule has 0 bridgehead atoms. The Bertz CT molecular complexity index is 1310. The summed E-state index contributed by atoms with van der Waals surface area (Å²) < 4.78 is 20.7. The van der Waals surface area contributed by atoms with Crippen LogP contribution in [0.3, 0.4) is 0 Å². The number of urea groups is 1. The predicted octanol–water partition coefficient (Wildman–Crippen LogP) is 5.82. The average molecular weight is 467 g/mol. The second-order valence-corrected chi connectivity index (χ2v) is 7.68. The van der Waals surface area contributed by atoms with Crippen molar-refractivity contribution in [1.29, 1.82) is 0 Å². The number of hydrogen-bond acceptors (Lipinski definition) is 5. The summed E-state index contributed by atoms with van der Waals surface area (Å²) in [5.74, 6) is 0.891. The highest BCUT2D eigenvalue weighted by Gasteiger charge is 2.11. The van der Waals surface area contributed by atoms with E-state index in [1.807, 2.05) is 20.8 Å². The SMILES string of the molecule is Cc1nn(-c2ccc(Oc3ccc(NC(=O)Nc4ccc(F)c(Cl)c4)cc3)nn2)c(C)c1C. The highest BCUT2D eigenvalue weighted by atomic mass is 35.5. The lowest BCUT2D eigenvalue weighted by atomic mass is 10.2. The van der Waals surface area contributed by atoms with Crippen LogP contribution in [-0.4, -0.2) is 26.0 Å². The van der Waals surface area contributed by atoms with Gasteiger partial charge in [-0.25, -0.2) is 13.9 Å². The molecule has 0 aliphatic carbocycles. The van der Waals surface area contributed by atoms with Crippen molar-refractivity contribution in [3.8, 4) is 17.4 Å². The van der Waals surface area contributed by atoms with E-state index in [2.05, 4.69) is 25.9 Å². The van der Waals surface area contributed by atoms with Crippen LogP contribution >= 0.6 is 11.6 Å². The monoisotopic (exact) mass is 466 g/mol. The molecule has 8 nitrogen and oxygen atoms in total. The van der Waals surface area contributed by atoms with Gasteiger partial charge in [-0.3, -0.25) is 0 Å². The Labute approximate surface area is 194 Å². The third-order valence-corrected chi connectivity index (χ3v) is 5.30. The van der Waals surface area contributed by atoms with Gasteiger partial charge in [-0.15, -0.1) is 10.2 Å². The molecule has 168 valence electrons. The largest absolute Gasteiger partial charge is 0.438 e. The summed E-state index contributed by atoms with van der Waals surface area (Å²) in [5.41, 5.74) is 3.97. The van der Waals surface area contributed by atoms with Crippen molar-refractivity contribution in [2.45, 2.75) is 20.8 Å². The minimum absolute atomic E-state index is 0.0737. The second-order valence-electron chi connectivity index (χ2n) is 7.27. The molecule has 0 aliphatic rings. The molecule has 0 fully saturated rings. The number of hydrogen-bond donors (Lipinski definition) is 2. The number of carbonyl (C=O) groups excluding carboxylic acids is 1. The number of halogens is 2. The van der Waals surface area contributed by atoms with Gasteiger partial charge in [0.25, 0.3) is 0 Å². The maximum atomic E-state index is 13.2. The fourth-order valence-corrected chi connectivity index (χ4v) is 3.20. The van der Waals surface area contributed by atoms with Gasteiger partial charge >= 0.3 is 6.03 Å². The van der Waals surface area contributed by atoms with Crippen molar-refractivity contribution in [2.75, 3.05) is 10.6 Å². The average Bonchev–Trinajstić information content (AvgIpc) is 3.05. The van der Waals surface area contributed by atoms with Crippen LogP contribution in [0.25, 0.3) is 5.82 Å². The summed E-state index contributed by atoms with van der Waals surface area (Å²) in [5, 5.41) is 18.0. The lowest BCUT2D eigenvalue weighted by Gasteiger charge is -2.09. The topological polar surface area (TPSA) is 94.0 Å². The zero-order chi connectivity index (χ0) is 23.5. The molecule has 0 radical (unpaired) electrons. The molecule has 0 atom stereocenters. The van der Waals surface area contributed by atoms with Crippen molar-refractivity contribution < 1.29 is 13.9 Å². The van der Waals surface area contributed by atoms with Crippen molar-refractivity contribution in [1.82, 2.24) is 20.0 Å². The lowest BCUT2D eigenvalue weighted by molar-refractivity contribution is 0.262. The summed E-state index contributed by atoms with van der Waals surface area (Å²) in [6, 6.07) is 13.6. The molecule has 2 aromatic heterocycles. The highest BCUT2D eigenvalue weighted by Crippen LogP contribution is 2.23. The maximum Gasteiger partial charge on any atom is 0.323 e. The number of aromatic nitrogens is 4. The zero-order valence-corrected chi connectivity index (χ0v) is 18.8. The van der Waals surface area contributed by atoms with E-state index in [0.717, 1.165) is 17.0 Å². The van der Waals surface area contributed by atoms with Gasteiger partial charge in [0.2, 0.25) is 5.88 Å². The van der Waals surface area contributed by atoms with E-state index in [1.54, 1.807) is 41.1 Å². The zero-order valence-electron chi connectivity index (χ0n) is 18.1. The smallest absolute Gasteiger partial charge is 0.323 e. The molecule has 33 heavy (non-hydrogen) atoms. The Hall–Kier alpha value is -3.98. The van der Waals surface area contributed by atoms with Crippen molar-refractivity contribution in [3.63, 3.8) is 0 Å². The van der Waals surface area contributed by atoms with Gasteiger partial charge in [0.15, 0.2) is 5.82 Å². The van der Waals surface area contributed by atoms with E-state index >= 15 is 0 Å². The summed E-state index contributed by atoms with van der Waals surface area (Å²) >= 11 is 5.72. The van der Waals surface area contributed by atoms with Crippen LogP contribution in [0.5, 0.6) is 11.6 Å². The van der Waals surface area contributed by atoms with Gasteiger partial charge in [-0.05, 0) is 74.9 Å². The van der Waals surface area contributed by atoms with Gasteiger partial charge in [0, 0.05) is 23.1 Å². The number of rotatable bonds is 5. The number of benzene rings is 2. The Balaban J connectivity index is 1.36. The third-order valence-electron chi connectivity index (χ3n) is 5.01. The molecule has 0 saturated carbocycles. The first-order chi connectivity index (χ1) is 15.8. The second kappa shape index (κ2) is 9.25. The molecule has 2 amide bonds. The minimum atomic E-state index is -0.556. The number of carbonyl (C=O) groups is 1. The molecule has 10 heteroatoms. The Morgan fingerprint density at radius 3 is 2.27 bits per heavy atom. The molecule has 0 unspecified atom stereocenters. The van der Waals surface area contributed by atoms with Gasteiger partial charge < -0.3 is 15.4 Å². The molecular formula is C23H20ClFN6O2. The Kier molecular flexibility index (Phi) is 6.23. The number of nitrogens with one attached hydrogen (secondary N) is 2. The van der Waals surface area contributed by atoms with E-state index in [1.165, 1.54) is 18.2 Å². The number of ether oxygens (including phenoxy) is 1. The molecule has 4 rings (SSSR count). The van der Waals surface area contributed by atoms with Gasteiger partial charge in [0.05, 0.1) is 10.7 Å². The molecule has 0 saturated heterocycles. The number of aryl methyl sites for hydroxylation is 1. The van der Waals surface area contributed by atoms with Crippen LogP contribution in [0.1, 0.15) is 17.0 Å². The Morgan fingerprint density at radius 1 is 0.970 bits per heavy atom. The van der Waals surface area contributed by atoms with E-state index in [-0.39, 0.29) is 5.02 Å². The summed E-state index contributed by atoms with van der Waals surface area (Å²) in [6.45, 7) is 5.94. The number of nitrogens with zero attached hydrogens (tertiary/aromatic N) is 4. The first-order valence-corrected chi connectivity index (χ1v) is 10.4. The Morgan fingerprint density at radius 2 is 1.67 bits per heavy atom. The van der Waals surface area contributed by atoms with Crippen LogP contribution in [0.2, 0.25) is 5.02 Å². The molecule has 2 N–H and O–H groups in total. The normalized spacial score (nSPS) is 10.7. The van der Waals surface area contributed by atoms with E-state index < -0.39 is 11.8 Å². The molecule has 2 heterocycles. The van der Waals surface area contributed by atoms with Crippen LogP contribution in [-0.2, 0) is 0 Å². The minimum Gasteiger partial charge on any atom is -0.438 e. The summed E-state index contributed by atoms with van der Waals surface area (Å²) in [4.78, 5) is 12.1. The van der Waals surface area contributed by atoms with Crippen molar-refractivity contribution >= 4 is 29.0 Å². The maximum absolute atomic E-state index is 13.2. The van der Waals surface area contributed by atoms with Gasteiger partial charge in [-0.1, -0.05) is 11.6 Å². The van der Waals surface area contributed by atoms with Crippen LogP contribution < -0.4 is 15.4 Å². The standard InChI is InChI=1S/C23H20ClFN6O2/c1-13-14(2)30-31(15(13)3)21-10-11-22(29-28-21)33-18-7-4-16(5-8-18)26-23(32)27-17-6-9-20(25)19(24)12-17/h4-12H,1-3H3,(H2,26,27,32). The molecule has 4 aromatic rings.